The first kappa shape index (κ1) is 13.3. The standard InChI is InChI=1S/C18H22N2/c1-3-13-10-7-11-20-17(13)18(19-2)16-12-15(16)14-8-5-4-6-9-14/h4-11,15-16,18-19H,3,12H2,1-2H3. The highest BCUT2D eigenvalue weighted by atomic mass is 14.9. The molecule has 0 aliphatic heterocycles. The lowest BCUT2D eigenvalue weighted by molar-refractivity contribution is 0.501. The molecule has 2 heteroatoms. The summed E-state index contributed by atoms with van der Waals surface area (Å²) in [4.78, 5) is 4.65. The average molecular weight is 266 g/mol. The van der Waals surface area contributed by atoms with Gasteiger partial charge in [-0.25, -0.2) is 0 Å². The Kier molecular flexibility index (Phi) is 3.83. The van der Waals surface area contributed by atoms with Crippen LogP contribution < -0.4 is 5.32 Å². The van der Waals surface area contributed by atoms with E-state index in [1.54, 1.807) is 0 Å². The first-order valence-corrected chi connectivity index (χ1v) is 7.51. The second-order valence-corrected chi connectivity index (χ2v) is 5.58. The van der Waals surface area contributed by atoms with Crippen LogP contribution in [0.3, 0.4) is 0 Å². The number of hydrogen-bond donors (Lipinski definition) is 1. The van der Waals surface area contributed by atoms with Crippen LogP contribution in [0.25, 0.3) is 0 Å². The zero-order valence-corrected chi connectivity index (χ0v) is 12.2. The average Bonchev–Trinajstić information content (AvgIpc) is 3.30. The smallest absolute Gasteiger partial charge is 0.0607 e. The number of hydrogen-bond acceptors (Lipinski definition) is 2. The molecule has 0 bridgehead atoms. The van der Waals surface area contributed by atoms with Crippen LogP contribution in [0.5, 0.6) is 0 Å². The molecular formula is C18H22N2. The Balaban J connectivity index is 1.82. The van der Waals surface area contributed by atoms with Crippen LogP contribution in [0, 0.1) is 5.92 Å². The second-order valence-electron chi connectivity index (χ2n) is 5.58. The summed E-state index contributed by atoms with van der Waals surface area (Å²) >= 11 is 0. The zero-order chi connectivity index (χ0) is 13.9. The van der Waals surface area contributed by atoms with Crippen LogP contribution in [-0.2, 0) is 6.42 Å². The largest absolute Gasteiger partial charge is 0.311 e. The molecule has 0 amide bonds. The molecule has 3 atom stereocenters. The number of benzene rings is 1. The van der Waals surface area contributed by atoms with E-state index in [2.05, 4.69) is 60.7 Å². The van der Waals surface area contributed by atoms with Crippen molar-refractivity contribution >= 4 is 0 Å². The monoisotopic (exact) mass is 266 g/mol. The second kappa shape index (κ2) is 5.76. The minimum absolute atomic E-state index is 0.372. The number of nitrogens with one attached hydrogen (secondary N) is 1. The quantitative estimate of drug-likeness (QED) is 0.892. The van der Waals surface area contributed by atoms with Gasteiger partial charge in [0.25, 0.3) is 0 Å². The molecule has 0 spiro atoms. The summed E-state index contributed by atoms with van der Waals surface area (Å²) < 4.78 is 0. The Hall–Kier alpha value is -1.67. The number of pyridine rings is 1. The summed E-state index contributed by atoms with van der Waals surface area (Å²) in [5.41, 5.74) is 4.07. The van der Waals surface area contributed by atoms with Crippen LogP contribution in [0.2, 0.25) is 0 Å². The molecule has 0 saturated heterocycles. The lowest BCUT2D eigenvalue weighted by Crippen LogP contribution is -2.21. The van der Waals surface area contributed by atoms with E-state index < -0.39 is 0 Å². The highest BCUT2D eigenvalue weighted by molar-refractivity contribution is 5.31. The molecule has 3 unspecified atom stereocenters. The number of aromatic nitrogens is 1. The van der Waals surface area contributed by atoms with Gasteiger partial charge in [0.1, 0.15) is 0 Å². The fourth-order valence-corrected chi connectivity index (χ4v) is 3.25. The van der Waals surface area contributed by atoms with Gasteiger partial charge in [0, 0.05) is 6.20 Å². The minimum atomic E-state index is 0.372. The van der Waals surface area contributed by atoms with Crippen molar-refractivity contribution in [1.82, 2.24) is 10.3 Å². The van der Waals surface area contributed by atoms with E-state index in [0.29, 0.717) is 17.9 Å². The van der Waals surface area contributed by atoms with Crippen LogP contribution in [0.1, 0.15) is 42.1 Å². The third-order valence-electron chi connectivity index (χ3n) is 4.41. The van der Waals surface area contributed by atoms with Gasteiger partial charge in [-0.1, -0.05) is 43.3 Å². The molecule has 0 radical (unpaired) electrons. The summed E-state index contributed by atoms with van der Waals surface area (Å²) in [5.74, 6) is 1.35. The lowest BCUT2D eigenvalue weighted by atomic mass is 9.98. The van der Waals surface area contributed by atoms with E-state index in [1.807, 2.05) is 12.3 Å². The molecule has 1 aromatic carbocycles. The van der Waals surface area contributed by atoms with Crippen LogP contribution >= 0.6 is 0 Å². The van der Waals surface area contributed by atoms with Gasteiger partial charge in [-0.3, -0.25) is 4.98 Å². The van der Waals surface area contributed by atoms with Crippen LogP contribution in [0.15, 0.2) is 48.7 Å². The maximum absolute atomic E-state index is 4.65. The molecule has 104 valence electrons. The summed E-state index contributed by atoms with van der Waals surface area (Å²) in [6, 6.07) is 15.5. The summed E-state index contributed by atoms with van der Waals surface area (Å²) in [6.07, 6.45) is 4.22. The van der Waals surface area contributed by atoms with Crippen LogP contribution in [-0.4, -0.2) is 12.0 Å². The Morgan fingerprint density at radius 3 is 2.70 bits per heavy atom. The molecule has 2 aromatic rings. The van der Waals surface area contributed by atoms with E-state index in [4.69, 9.17) is 0 Å². The molecule has 1 aliphatic carbocycles. The van der Waals surface area contributed by atoms with Crippen molar-refractivity contribution in [1.29, 1.82) is 0 Å². The highest BCUT2D eigenvalue weighted by Crippen LogP contribution is 2.53. The molecule has 1 aromatic heterocycles. The Bertz CT molecular complexity index is 565. The molecule has 1 saturated carbocycles. The van der Waals surface area contributed by atoms with Crippen molar-refractivity contribution in [3.05, 3.63) is 65.5 Å². The number of rotatable bonds is 5. The predicted molar refractivity (Wildman–Crippen MR) is 82.7 cm³/mol. The summed E-state index contributed by atoms with van der Waals surface area (Å²) in [5, 5.41) is 3.49. The normalized spacial score (nSPS) is 22.5. The first-order valence-electron chi connectivity index (χ1n) is 7.51. The number of aryl methyl sites for hydroxylation is 1. The van der Waals surface area contributed by atoms with E-state index in [0.717, 1.165) is 6.42 Å². The highest BCUT2D eigenvalue weighted by Gasteiger charge is 2.44. The minimum Gasteiger partial charge on any atom is -0.311 e. The van der Waals surface area contributed by atoms with Crippen molar-refractivity contribution in [3.63, 3.8) is 0 Å². The van der Waals surface area contributed by atoms with Crippen molar-refractivity contribution in [2.24, 2.45) is 5.92 Å². The van der Waals surface area contributed by atoms with E-state index >= 15 is 0 Å². The molecule has 1 aliphatic rings. The zero-order valence-electron chi connectivity index (χ0n) is 12.2. The van der Waals surface area contributed by atoms with Gasteiger partial charge in [0.05, 0.1) is 11.7 Å². The lowest BCUT2D eigenvalue weighted by Gasteiger charge is -2.18. The molecular weight excluding hydrogens is 244 g/mol. The molecule has 20 heavy (non-hydrogen) atoms. The summed E-state index contributed by atoms with van der Waals surface area (Å²) in [6.45, 7) is 2.20. The third kappa shape index (κ3) is 2.48. The Morgan fingerprint density at radius 2 is 2.00 bits per heavy atom. The van der Waals surface area contributed by atoms with Crippen molar-refractivity contribution < 1.29 is 0 Å². The van der Waals surface area contributed by atoms with Crippen LogP contribution in [0.4, 0.5) is 0 Å². The Labute approximate surface area is 121 Å². The van der Waals surface area contributed by atoms with Gasteiger partial charge in [0.15, 0.2) is 0 Å². The van der Waals surface area contributed by atoms with Crippen molar-refractivity contribution in [2.45, 2.75) is 31.7 Å². The van der Waals surface area contributed by atoms with Gasteiger partial charge in [0.2, 0.25) is 0 Å². The SMILES string of the molecule is CCc1cccnc1C(NC)C1CC1c1ccccc1. The van der Waals surface area contributed by atoms with Gasteiger partial charge in [-0.05, 0) is 48.9 Å². The van der Waals surface area contributed by atoms with E-state index in [1.165, 1.54) is 23.2 Å². The van der Waals surface area contributed by atoms with Crippen molar-refractivity contribution in [3.8, 4) is 0 Å². The number of nitrogens with zero attached hydrogens (tertiary/aromatic N) is 1. The van der Waals surface area contributed by atoms with Gasteiger partial charge in [-0.2, -0.15) is 0 Å². The third-order valence-corrected chi connectivity index (χ3v) is 4.41. The molecule has 2 nitrogen and oxygen atoms in total. The van der Waals surface area contributed by atoms with E-state index in [-0.39, 0.29) is 0 Å². The van der Waals surface area contributed by atoms with E-state index in [9.17, 15) is 0 Å². The summed E-state index contributed by atoms with van der Waals surface area (Å²) in [7, 11) is 2.05. The van der Waals surface area contributed by atoms with Crippen molar-refractivity contribution in [2.75, 3.05) is 7.05 Å². The fourth-order valence-electron chi connectivity index (χ4n) is 3.25. The maximum atomic E-state index is 4.65. The molecule has 3 rings (SSSR count). The molecule has 1 heterocycles. The topological polar surface area (TPSA) is 24.9 Å². The first-order chi connectivity index (χ1) is 9.85. The van der Waals surface area contributed by atoms with Gasteiger partial charge in [-0.15, -0.1) is 0 Å². The van der Waals surface area contributed by atoms with Gasteiger partial charge >= 0.3 is 0 Å². The Morgan fingerprint density at radius 1 is 1.20 bits per heavy atom. The van der Waals surface area contributed by atoms with Gasteiger partial charge < -0.3 is 5.32 Å². The molecule has 1 N–H and O–H groups in total. The maximum Gasteiger partial charge on any atom is 0.0607 e. The predicted octanol–water partition coefficient (Wildman–Crippen LogP) is 3.71. The fraction of sp³-hybridized carbons (Fsp3) is 0.389. The molecule has 1 fully saturated rings.